The van der Waals surface area contributed by atoms with Crippen molar-refractivity contribution in [3.63, 3.8) is 0 Å². The molecule has 8 heteroatoms. The van der Waals surface area contributed by atoms with Crippen LogP contribution in [0.3, 0.4) is 0 Å². The highest BCUT2D eigenvalue weighted by Crippen LogP contribution is 2.20. The number of hydrogen-bond donors (Lipinski definition) is 2. The third kappa shape index (κ3) is 3.46. The maximum Gasteiger partial charge on any atom is 0.358 e. The summed E-state index contributed by atoms with van der Waals surface area (Å²) in [6, 6.07) is 5.44. The third-order valence-corrected chi connectivity index (χ3v) is 3.81. The number of hydrogen-bond acceptors (Lipinski definition) is 4. The Morgan fingerprint density at radius 3 is 2.67 bits per heavy atom. The number of carbonyl (C=O) groups excluding carboxylic acids is 1. The summed E-state index contributed by atoms with van der Waals surface area (Å²) in [5.41, 5.74) is 1.85. The lowest BCUT2D eigenvalue weighted by Crippen LogP contribution is -2.20. The van der Waals surface area contributed by atoms with Crippen molar-refractivity contribution in [3.8, 4) is 0 Å². The van der Waals surface area contributed by atoms with Crippen molar-refractivity contribution < 1.29 is 14.7 Å². The highest BCUT2D eigenvalue weighted by atomic mass is 79.9. The predicted molar refractivity (Wildman–Crippen MR) is 79.2 cm³/mol. The minimum Gasteiger partial charge on any atom is -0.476 e. The van der Waals surface area contributed by atoms with E-state index in [9.17, 15) is 9.59 Å². The van der Waals surface area contributed by atoms with Gasteiger partial charge < -0.3 is 10.4 Å². The van der Waals surface area contributed by atoms with E-state index in [2.05, 4.69) is 31.6 Å². The minimum atomic E-state index is -1.16. The van der Waals surface area contributed by atoms with Gasteiger partial charge in [-0.1, -0.05) is 21.1 Å². The van der Waals surface area contributed by atoms with Crippen LogP contribution in [-0.4, -0.2) is 32.0 Å². The van der Waals surface area contributed by atoms with Gasteiger partial charge in [0.05, 0.1) is 5.69 Å². The summed E-state index contributed by atoms with van der Waals surface area (Å²) in [7, 11) is 0. The SMILES string of the molecule is Cc1cc(NC(=O)Cn2nnc(C(=O)O)c2C)ccc1Br. The number of halogens is 1. The number of nitrogens with zero attached hydrogens (tertiary/aromatic N) is 3. The summed E-state index contributed by atoms with van der Waals surface area (Å²) in [6.07, 6.45) is 0. The van der Waals surface area contributed by atoms with E-state index in [0.717, 1.165) is 10.0 Å². The molecule has 0 unspecified atom stereocenters. The van der Waals surface area contributed by atoms with E-state index in [-0.39, 0.29) is 18.1 Å². The van der Waals surface area contributed by atoms with Gasteiger partial charge in [0.2, 0.25) is 5.91 Å². The van der Waals surface area contributed by atoms with Crippen molar-refractivity contribution >= 4 is 33.5 Å². The Morgan fingerprint density at radius 2 is 2.10 bits per heavy atom. The molecule has 2 N–H and O–H groups in total. The van der Waals surface area contributed by atoms with Crippen molar-refractivity contribution in [2.24, 2.45) is 0 Å². The lowest BCUT2D eigenvalue weighted by atomic mass is 10.2. The van der Waals surface area contributed by atoms with E-state index in [4.69, 9.17) is 5.11 Å². The number of amides is 1. The second kappa shape index (κ2) is 6.04. The lowest BCUT2D eigenvalue weighted by Gasteiger charge is -2.07. The molecule has 0 saturated carbocycles. The number of nitrogens with one attached hydrogen (secondary N) is 1. The van der Waals surface area contributed by atoms with Crippen LogP contribution in [0, 0.1) is 13.8 Å². The highest BCUT2D eigenvalue weighted by molar-refractivity contribution is 9.10. The number of benzene rings is 1. The number of carboxylic acids is 1. The number of carboxylic acid groups (broad SMARTS) is 1. The Hall–Kier alpha value is -2.22. The largest absolute Gasteiger partial charge is 0.476 e. The average Bonchev–Trinajstić information content (AvgIpc) is 2.75. The first-order valence-corrected chi connectivity index (χ1v) is 6.87. The standard InChI is InChI=1S/C13H13BrN4O3/c1-7-5-9(3-4-10(7)14)15-11(19)6-18-8(2)12(13(20)21)16-17-18/h3-5H,6H2,1-2H3,(H,15,19)(H,20,21). The van der Waals surface area contributed by atoms with E-state index in [1.807, 2.05) is 19.1 Å². The molecule has 0 aliphatic rings. The zero-order chi connectivity index (χ0) is 15.6. The first-order valence-electron chi connectivity index (χ1n) is 6.08. The number of anilines is 1. The summed E-state index contributed by atoms with van der Waals surface area (Å²) in [5.74, 6) is -1.47. The molecule has 0 fully saturated rings. The van der Waals surface area contributed by atoms with Crippen molar-refractivity contribution in [2.45, 2.75) is 20.4 Å². The number of aryl methyl sites for hydroxylation is 1. The third-order valence-electron chi connectivity index (χ3n) is 2.92. The Labute approximate surface area is 129 Å². The van der Waals surface area contributed by atoms with Crippen LogP contribution in [0.25, 0.3) is 0 Å². The molecular formula is C13H13BrN4O3. The quantitative estimate of drug-likeness (QED) is 0.876. The van der Waals surface area contributed by atoms with Crippen molar-refractivity contribution in [2.75, 3.05) is 5.32 Å². The molecule has 1 aromatic heterocycles. The summed E-state index contributed by atoms with van der Waals surface area (Å²) >= 11 is 3.38. The normalized spacial score (nSPS) is 10.4. The predicted octanol–water partition coefficient (Wildman–Crippen LogP) is 1.99. The van der Waals surface area contributed by atoms with Crippen LogP contribution in [0.4, 0.5) is 5.69 Å². The fraction of sp³-hybridized carbons (Fsp3) is 0.231. The van der Waals surface area contributed by atoms with Crippen LogP contribution in [0.5, 0.6) is 0 Å². The molecule has 2 rings (SSSR count). The molecule has 0 spiro atoms. The molecule has 21 heavy (non-hydrogen) atoms. The molecule has 0 atom stereocenters. The van der Waals surface area contributed by atoms with Crippen LogP contribution in [0.2, 0.25) is 0 Å². The molecule has 0 aliphatic carbocycles. The van der Waals surface area contributed by atoms with E-state index in [0.29, 0.717) is 11.4 Å². The molecule has 1 amide bonds. The van der Waals surface area contributed by atoms with Crippen LogP contribution in [-0.2, 0) is 11.3 Å². The summed E-state index contributed by atoms with van der Waals surface area (Å²) in [5, 5.41) is 18.8. The Balaban J connectivity index is 2.08. The van der Waals surface area contributed by atoms with Crippen molar-refractivity contribution in [1.82, 2.24) is 15.0 Å². The topological polar surface area (TPSA) is 97.1 Å². The maximum absolute atomic E-state index is 12.0. The van der Waals surface area contributed by atoms with Crippen LogP contribution in [0.1, 0.15) is 21.7 Å². The lowest BCUT2D eigenvalue weighted by molar-refractivity contribution is -0.117. The molecule has 0 bridgehead atoms. The van der Waals surface area contributed by atoms with Gasteiger partial charge in [0.15, 0.2) is 5.69 Å². The van der Waals surface area contributed by atoms with Crippen LogP contribution in [0.15, 0.2) is 22.7 Å². The molecule has 1 heterocycles. The van der Waals surface area contributed by atoms with Crippen LogP contribution >= 0.6 is 15.9 Å². The smallest absolute Gasteiger partial charge is 0.358 e. The molecule has 0 saturated heterocycles. The van der Waals surface area contributed by atoms with Gasteiger partial charge in [-0.15, -0.1) is 5.10 Å². The summed E-state index contributed by atoms with van der Waals surface area (Å²) in [6.45, 7) is 3.38. The molecule has 110 valence electrons. The fourth-order valence-electron chi connectivity index (χ4n) is 1.77. The first-order chi connectivity index (χ1) is 9.88. The molecule has 1 aromatic carbocycles. The zero-order valence-corrected chi connectivity index (χ0v) is 13.0. The number of aromatic nitrogens is 3. The number of rotatable bonds is 4. The van der Waals surface area contributed by atoms with E-state index < -0.39 is 5.97 Å². The maximum atomic E-state index is 12.0. The Bertz CT molecular complexity index is 711. The van der Waals surface area contributed by atoms with Gasteiger partial charge in [0.25, 0.3) is 0 Å². The van der Waals surface area contributed by atoms with Gasteiger partial charge in [0, 0.05) is 10.2 Å². The Kier molecular flexibility index (Phi) is 4.37. The van der Waals surface area contributed by atoms with Gasteiger partial charge in [-0.2, -0.15) is 0 Å². The zero-order valence-electron chi connectivity index (χ0n) is 11.4. The summed E-state index contributed by atoms with van der Waals surface area (Å²) < 4.78 is 2.21. The van der Waals surface area contributed by atoms with Crippen LogP contribution < -0.4 is 5.32 Å². The van der Waals surface area contributed by atoms with E-state index in [1.165, 1.54) is 4.68 Å². The first kappa shape index (κ1) is 15.2. The second-order valence-electron chi connectivity index (χ2n) is 4.50. The molecule has 0 aliphatic heterocycles. The van der Waals surface area contributed by atoms with Gasteiger partial charge in [-0.3, -0.25) is 4.79 Å². The number of aromatic carboxylic acids is 1. The molecule has 0 radical (unpaired) electrons. The molecular weight excluding hydrogens is 340 g/mol. The molecule has 2 aromatic rings. The van der Waals surface area contributed by atoms with Gasteiger partial charge in [-0.05, 0) is 37.6 Å². The van der Waals surface area contributed by atoms with Gasteiger partial charge in [-0.25, -0.2) is 9.48 Å². The average molecular weight is 353 g/mol. The fourth-order valence-corrected chi connectivity index (χ4v) is 2.01. The van der Waals surface area contributed by atoms with E-state index in [1.54, 1.807) is 13.0 Å². The monoisotopic (exact) mass is 352 g/mol. The van der Waals surface area contributed by atoms with Crippen molar-refractivity contribution in [1.29, 1.82) is 0 Å². The van der Waals surface area contributed by atoms with E-state index >= 15 is 0 Å². The minimum absolute atomic E-state index is 0.0960. The highest BCUT2D eigenvalue weighted by Gasteiger charge is 2.16. The summed E-state index contributed by atoms with van der Waals surface area (Å²) in [4.78, 5) is 22.8. The number of carbonyl (C=O) groups is 2. The van der Waals surface area contributed by atoms with Gasteiger partial charge in [0.1, 0.15) is 6.54 Å². The van der Waals surface area contributed by atoms with Crippen molar-refractivity contribution in [3.05, 3.63) is 39.6 Å². The second-order valence-corrected chi connectivity index (χ2v) is 5.35. The van der Waals surface area contributed by atoms with Gasteiger partial charge >= 0.3 is 5.97 Å². The molecule has 7 nitrogen and oxygen atoms in total. The Morgan fingerprint density at radius 1 is 1.38 bits per heavy atom.